The molecule has 0 fully saturated rings. The van der Waals surface area contributed by atoms with Crippen molar-refractivity contribution in [3.05, 3.63) is 65.5 Å². The van der Waals surface area contributed by atoms with E-state index >= 15 is 0 Å². The Morgan fingerprint density at radius 3 is 2.87 bits per heavy atom. The molecular formula is C17H16N4O2. The lowest BCUT2D eigenvalue weighted by molar-refractivity contribution is -0.116. The fourth-order valence-corrected chi connectivity index (χ4v) is 2.37. The summed E-state index contributed by atoms with van der Waals surface area (Å²) in [6, 6.07) is 10.9. The first-order valence-electron chi connectivity index (χ1n) is 7.38. The topological polar surface area (TPSA) is 76.9 Å². The van der Waals surface area contributed by atoms with Crippen LogP contribution in [0.5, 0.6) is 0 Å². The average Bonchev–Trinajstić information content (AvgIpc) is 2.57. The number of aromatic nitrogens is 3. The zero-order valence-electron chi connectivity index (χ0n) is 12.5. The number of carbonyl (C=O) groups excluding carboxylic acids is 1. The Kier molecular flexibility index (Phi) is 4.42. The number of aryl methyl sites for hydroxylation is 1. The Hall–Kier alpha value is -3.02. The summed E-state index contributed by atoms with van der Waals surface area (Å²) in [5.41, 5.74) is 1.36. The predicted octanol–water partition coefficient (Wildman–Crippen LogP) is 2.21. The number of pyridine rings is 1. The molecule has 1 N–H and O–H groups in total. The fourth-order valence-electron chi connectivity index (χ4n) is 2.37. The Labute approximate surface area is 132 Å². The molecule has 0 aliphatic carbocycles. The quantitative estimate of drug-likeness (QED) is 0.784. The molecule has 1 amide bonds. The molecule has 2 heterocycles. The number of nitrogens with one attached hydrogen (secondary N) is 1. The largest absolute Gasteiger partial charge is 0.324 e. The van der Waals surface area contributed by atoms with Crippen LogP contribution < -0.4 is 10.9 Å². The maximum atomic E-state index is 12.1. The number of nitrogens with zero attached hydrogens (tertiary/aromatic N) is 3. The van der Waals surface area contributed by atoms with Crippen LogP contribution >= 0.6 is 0 Å². The van der Waals surface area contributed by atoms with E-state index in [1.165, 1.54) is 23.2 Å². The van der Waals surface area contributed by atoms with Crippen LogP contribution in [0.2, 0.25) is 0 Å². The van der Waals surface area contributed by atoms with Gasteiger partial charge >= 0.3 is 0 Å². The monoisotopic (exact) mass is 308 g/mol. The Bertz CT molecular complexity index is 883. The van der Waals surface area contributed by atoms with E-state index < -0.39 is 0 Å². The van der Waals surface area contributed by atoms with Gasteiger partial charge in [-0.1, -0.05) is 18.2 Å². The van der Waals surface area contributed by atoms with Gasteiger partial charge in [0.05, 0.1) is 17.5 Å². The summed E-state index contributed by atoms with van der Waals surface area (Å²) in [7, 11) is 0. The average molecular weight is 308 g/mol. The number of carbonyl (C=O) groups is 1. The van der Waals surface area contributed by atoms with E-state index in [0.29, 0.717) is 25.1 Å². The van der Waals surface area contributed by atoms with Crippen molar-refractivity contribution in [1.82, 2.24) is 14.5 Å². The van der Waals surface area contributed by atoms with Gasteiger partial charge in [-0.05, 0) is 18.6 Å². The van der Waals surface area contributed by atoms with Crippen LogP contribution in [0.1, 0.15) is 12.8 Å². The lowest BCUT2D eigenvalue weighted by Crippen LogP contribution is -2.20. The lowest BCUT2D eigenvalue weighted by Gasteiger charge is -2.08. The minimum absolute atomic E-state index is 0.0971. The molecule has 1 aromatic carbocycles. The standard InChI is InChI=1S/C17H16N4O2/c22-15(7-3-11-21-12-18-10-8-16(21)23)20-14-6-1-4-13-5-2-9-19-17(13)14/h1-2,4-6,8-10,12H,3,7,11H2,(H,20,22). The van der Waals surface area contributed by atoms with Gasteiger partial charge in [0.25, 0.3) is 5.56 Å². The Morgan fingerprint density at radius 1 is 1.13 bits per heavy atom. The molecule has 0 atom stereocenters. The summed E-state index contributed by atoms with van der Waals surface area (Å²) in [5.74, 6) is -0.0971. The van der Waals surface area contributed by atoms with Gasteiger partial charge in [0.2, 0.25) is 5.91 Å². The van der Waals surface area contributed by atoms with E-state index in [2.05, 4.69) is 15.3 Å². The first-order chi connectivity index (χ1) is 11.2. The highest BCUT2D eigenvalue weighted by Gasteiger charge is 2.06. The molecule has 2 aromatic heterocycles. The lowest BCUT2D eigenvalue weighted by atomic mass is 10.2. The number of fused-ring (bicyclic) bond motifs is 1. The van der Waals surface area contributed by atoms with Gasteiger partial charge in [0, 0.05) is 36.8 Å². The molecule has 116 valence electrons. The van der Waals surface area contributed by atoms with Crippen molar-refractivity contribution in [1.29, 1.82) is 0 Å². The highest BCUT2D eigenvalue weighted by molar-refractivity contribution is 6.00. The summed E-state index contributed by atoms with van der Waals surface area (Å²) >= 11 is 0. The first-order valence-corrected chi connectivity index (χ1v) is 7.38. The van der Waals surface area contributed by atoms with Gasteiger partial charge in [-0.15, -0.1) is 0 Å². The highest BCUT2D eigenvalue weighted by Crippen LogP contribution is 2.20. The molecule has 3 rings (SSSR count). The van der Waals surface area contributed by atoms with Crippen LogP contribution in [-0.2, 0) is 11.3 Å². The molecule has 6 nitrogen and oxygen atoms in total. The molecule has 0 aliphatic heterocycles. The van der Waals surface area contributed by atoms with Crippen molar-refractivity contribution < 1.29 is 4.79 Å². The van der Waals surface area contributed by atoms with Crippen molar-refractivity contribution in [2.24, 2.45) is 0 Å². The summed E-state index contributed by atoms with van der Waals surface area (Å²) in [4.78, 5) is 31.8. The molecule has 3 aromatic rings. The van der Waals surface area contributed by atoms with Crippen LogP contribution in [0.25, 0.3) is 10.9 Å². The highest BCUT2D eigenvalue weighted by atomic mass is 16.1. The Balaban J connectivity index is 1.61. The summed E-state index contributed by atoms with van der Waals surface area (Å²) < 4.78 is 1.49. The van der Waals surface area contributed by atoms with Crippen molar-refractivity contribution >= 4 is 22.5 Å². The van der Waals surface area contributed by atoms with Crippen LogP contribution in [0.15, 0.2) is 59.9 Å². The number of amides is 1. The second-order valence-electron chi connectivity index (χ2n) is 5.14. The number of anilines is 1. The van der Waals surface area contributed by atoms with Gasteiger partial charge < -0.3 is 5.32 Å². The molecule has 0 saturated carbocycles. The minimum Gasteiger partial charge on any atom is -0.324 e. The first kappa shape index (κ1) is 14.9. The second kappa shape index (κ2) is 6.83. The van der Waals surface area contributed by atoms with Crippen molar-refractivity contribution in [2.45, 2.75) is 19.4 Å². The molecule has 0 aliphatic rings. The van der Waals surface area contributed by atoms with Gasteiger partial charge in [0.15, 0.2) is 0 Å². The number of rotatable bonds is 5. The third-order valence-corrected chi connectivity index (χ3v) is 3.50. The summed E-state index contributed by atoms with van der Waals surface area (Å²) in [5, 5.41) is 3.86. The zero-order valence-corrected chi connectivity index (χ0v) is 12.5. The number of hydrogen-bond acceptors (Lipinski definition) is 4. The SMILES string of the molecule is O=C(CCCn1cnccc1=O)Nc1cccc2cccnc12. The van der Waals surface area contributed by atoms with Gasteiger partial charge in [-0.3, -0.25) is 19.1 Å². The molecule has 0 bridgehead atoms. The van der Waals surface area contributed by atoms with Crippen LogP contribution in [0.4, 0.5) is 5.69 Å². The van der Waals surface area contributed by atoms with Gasteiger partial charge in [-0.25, -0.2) is 4.98 Å². The summed E-state index contributed by atoms with van der Waals surface area (Å²) in [6.07, 6.45) is 5.53. The van der Waals surface area contributed by atoms with E-state index in [0.717, 1.165) is 10.9 Å². The third-order valence-electron chi connectivity index (χ3n) is 3.50. The molecule has 0 saturated heterocycles. The van der Waals surface area contributed by atoms with E-state index in [4.69, 9.17) is 0 Å². The van der Waals surface area contributed by atoms with Crippen molar-refractivity contribution in [2.75, 3.05) is 5.32 Å². The number of benzene rings is 1. The molecular weight excluding hydrogens is 292 g/mol. The molecule has 0 unspecified atom stereocenters. The number of para-hydroxylation sites is 1. The number of hydrogen-bond donors (Lipinski definition) is 1. The normalized spacial score (nSPS) is 10.6. The summed E-state index contributed by atoms with van der Waals surface area (Å²) in [6.45, 7) is 0.466. The fraction of sp³-hybridized carbons (Fsp3) is 0.176. The maximum absolute atomic E-state index is 12.1. The van der Waals surface area contributed by atoms with Crippen LogP contribution in [0, 0.1) is 0 Å². The molecule has 6 heteroatoms. The van der Waals surface area contributed by atoms with Crippen LogP contribution in [0.3, 0.4) is 0 Å². The molecule has 0 spiro atoms. The van der Waals surface area contributed by atoms with Gasteiger partial charge in [0.1, 0.15) is 0 Å². The van der Waals surface area contributed by atoms with Crippen molar-refractivity contribution in [3.8, 4) is 0 Å². The third kappa shape index (κ3) is 3.60. The Morgan fingerprint density at radius 2 is 2.00 bits per heavy atom. The van der Waals surface area contributed by atoms with Gasteiger partial charge in [-0.2, -0.15) is 0 Å². The van der Waals surface area contributed by atoms with E-state index in [1.54, 1.807) is 6.20 Å². The minimum atomic E-state index is -0.112. The van der Waals surface area contributed by atoms with Crippen LogP contribution in [-0.4, -0.2) is 20.4 Å². The predicted molar refractivity (Wildman–Crippen MR) is 88.1 cm³/mol. The van der Waals surface area contributed by atoms with Crippen molar-refractivity contribution in [3.63, 3.8) is 0 Å². The van der Waals surface area contributed by atoms with E-state index in [9.17, 15) is 9.59 Å². The van der Waals surface area contributed by atoms with E-state index in [-0.39, 0.29) is 11.5 Å². The maximum Gasteiger partial charge on any atom is 0.253 e. The molecule has 0 radical (unpaired) electrons. The zero-order chi connectivity index (χ0) is 16.1. The van der Waals surface area contributed by atoms with E-state index in [1.807, 2.05) is 30.3 Å². The smallest absolute Gasteiger partial charge is 0.253 e. The second-order valence-corrected chi connectivity index (χ2v) is 5.14. The molecule has 23 heavy (non-hydrogen) atoms.